The van der Waals surface area contributed by atoms with Crippen LogP contribution in [0.5, 0.6) is 11.5 Å². The van der Waals surface area contributed by atoms with Crippen LogP contribution in [0.25, 0.3) is 0 Å². The zero-order valence-corrected chi connectivity index (χ0v) is 13.4. The van der Waals surface area contributed by atoms with Crippen LogP contribution in [0.1, 0.15) is 20.7 Å². The predicted octanol–water partition coefficient (Wildman–Crippen LogP) is 2.52. The minimum absolute atomic E-state index is 0.143. The number of benzene rings is 2. The Labute approximate surface area is 139 Å². The SMILES string of the molecule is CN(C)c1cccc(C(=O)OCC(=O)c2ccc3c(c2)OCO3)c1. The molecule has 0 N–H and O–H groups in total. The maximum atomic E-state index is 12.2. The topological polar surface area (TPSA) is 65.1 Å². The van der Waals surface area contributed by atoms with Gasteiger partial charge in [0.25, 0.3) is 0 Å². The third kappa shape index (κ3) is 3.32. The number of hydrogen-bond donors (Lipinski definition) is 0. The molecule has 0 spiro atoms. The molecule has 0 fully saturated rings. The van der Waals surface area contributed by atoms with Crippen LogP contribution in [0.4, 0.5) is 5.69 Å². The van der Waals surface area contributed by atoms with Crippen LogP contribution in [0.15, 0.2) is 42.5 Å². The fourth-order valence-electron chi connectivity index (χ4n) is 2.28. The highest BCUT2D eigenvalue weighted by molar-refractivity contribution is 6.00. The third-order valence-corrected chi connectivity index (χ3v) is 3.63. The molecule has 0 saturated carbocycles. The van der Waals surface area contributed by atoms with E-state index in [1.54, 1.807) is 36.4 Å². The molecule has 6 nitrogen and oxygen atoms in total. The quantitative estimate of drug-likeness (QED) is 0.621. The molecule has 124 valence electrons. The lowest BCUT2D eigenvalue weighted by molar-refractivity contribution is 0.0475. The van der Waals surface area contributed by atoms with Gasteiger partial charge in [-0.2, -0.15) is 0 Å². The van der Waals surface area contributed by atoms with Crippen molar-refractivity contribution < 1.29 is 23.8 Å². The van der Waals surface area contributed by atoms with E-state index in [4.69, 9.17) is 14.2 Å². The summed E-state index contributed by atoms with van der Waals surface area (Å²) >= 11 is 0. The third-order valence-electron chi connectivity index (χ3n) is 3.63. The normalized spacial score (nSPS) is 11.9. The van der Waals surface area contributed by atoms with Gasteiger partial charge in [0.2, 0.25) is 6.79 Å². The Morgan fingerprint density at radius 1 is 1.04 bits per heavy atom. The van der Waals surface area contributed by atoms with Gasteiger partial charge in [0.1, 0.15) is 0 Å². The maximum Gasteiger partial charge on any atom is 0.338 e. The Morgan fingerprint density at radius 2 is 1.83 bits per heavy atom. The summed E-state index contributed by atoms with van der Waals surface area (Å²) in [5.74, 6) is 0.285. The van der Waals surface area contributed by atoms with Crippen molar-refractivity contribution in [2.75, 3.05) is 32.4 Å². The van der Waals surface area contributed by atoms with Gasteiger partial charge in [-0.1, -0.05) is 6.07 Å². The lowest BCUT2D eigenvalue weighted by Gasteiger charge is -2.13. The van der Waals surface area contributed by atoms with Crippen molar-refractivity contribution >= 4 is 17.4 Å². The first-order chi connectivity index (χ1) is 11.5. The molecule has 6 heteroatoms. The molecule has 0 aliphatic carbocycles. The van der Waals surface area contributed by atoms with E-state index in [0.29, 0.717) is 22.6 Å². The first kappa shape index (κ1) is 15.9. The second kappa shape index (κ2) is 6.62. The number of nitrogens with zero attached hydrogens (tertiary/aromatic N) is 1. The van der Waals surface area contributed by atoms with E-state index in [-0.39, 0.29) is 19.2 Å². The molecule has 24 heavy (non-hydrogen) atoms. The molecule has 0 atom stereocenters. The fraction of sp³-hybridized carbons (Fsp3) is 0.222. The van der Waals surface area contributed by atoms with Crippen LogP contribution in [0, 0.1) is 0 Å². The molecule has 0 saturated heterocycles. The maximum absolute atomic E-state index is 12.2. The average Bonchev–Trinajstić information content (AvgIpc) is 3.07. The van der Waals surface area contributed by atoms with E-state index in [9.17, 15) is 9.59 Å². The summed E-state index contributed by atoms with van der Waals surface area (Å²) in [6, 6.07) is 11.9. The smallest absolute Gasteiger partial charge is 0.338 e. The largest absolute Gasteiger partial charge is 0.454 e. The molecule has 1 aliphatic rings. The number of fused-ring (bicyclic) bond motifs is 1. The molecule has 0 amide bonds. The minimum Gasteiger partial charge on any atom is -0.454 e. The standard InChI is InChI=1S/C18H17NO5/c1-19(2)14-5-3-4-13(8-14)18(21)22-10-15(20)12-6-7-16-17(9-12)24-11-23-16/h3-9H,10-11H2,1-2H3. The van der Waals surface area contributed by atoms with Crippen molar-refractivity contribution in [3.63, 3.8) is 0 Å². The van der Waals surface area contributed by atoms with E-state index in [0.717, 1.165) is 5.69 Å². The van der Waals surface area contributed by atoms with Crippen molar-refractivity contribution in [2.24, 2.45) is 0 Å². The van der Waals surface area contributed by atoms with E-state index in [1.165, 1.54) is 0 Å². The summed E-state index contributed by atoms with van der Waals surface area (Å²) in [4.78, 5) is 26.2. The molecule has 2 aromatic carbocycles. The fourth-order valence-corrected chi connectivity index (χ4v) is 2.28. The lowest BCUT2D eigenvalue weighted by atomic mass is 10.1. The van der Waals surface area contributed by atoms with Gasteiger partial charge in [-0.3, -0.25) is 4.79 Å². The van der Waals surface area contributed by atoms with Gasteiger partial charge in [-0.15, -0.1) is 0 Å². The van der Waals surface area contributed by atoms with Gasteiger partial charge in [0, 0.05) is 25.3 Å². The van der Waals surface area contributed by atoms with E-state index in [1.807, 2.05) is 25.1 Å². The predicted molar refractivity (Wildman–Crippen MR) is 87.9 cm³/mol. The molecule has 0 unspecified atom stereocenters. The first-order valence-corrected chi connectivity index (χ1v) is 7.42. The molecule has 3 rings (SSSR count). The van der Waals surface area contributed by atoms with Crippen molar-refractivity contribution in [1.82, 2.24) is 0 Å². The Bertz CT molecular complexity index is 785. The number of ether oxygens (including phenoxy) is 3. The van der Waals surface area contributed by atoms with Crippen LogP contribution < -0.4 is 14.4 Å². The Kier molecular flexibility index (Phi) is 4.37. The Hall–Kier alpha value is -3.02. The van der Waals surface area contributed by atoms with E-state index in [2.05, 4.69) is 0 Å². The number of Topliss-reactive ketones (excluding diaryl/α,β-unsaturated/α-hetero) is 1. The van der Waals surface area contributed by atoms with Gasteiger partial charge < -0.3 is 19.1 Å². The van der Waals surface area contributed by atoms with Crippen molar-refractivity contribution in [3.05, 3.63) is 53.6 Å². The second-order valence-corrected chi connectivity index (χ2v) is 5.51. The second-order valence-electron chi connectivity index (χ2n) is 5.51. The highest BCUT2D eigenvalue weighted by Crippen LogP contribution is 2.32. The Morgan fingerprint density at radius 3 is 2.62 bits per heavy atom. The number of ketones is 1. The van der Waals surface area contributed by atoms with Crippen LogP contribution in [-0.2, 0) is 4.74 Å². The molecular weight excluding hydrogens is 310 g/mol. The Balaban J connectivity index is 1.63. The highest BCUT2D eigenvalue weighted by atomic mass is 16.7. The summed E-state index contributed by atoms with van der Waals surface area (Å²) in [6.07, 6.45) is 0. The number of carbonyl (C=O) groups is 2. The molecule has 1 aliphatic heterocycles. The summed E-state index contributed by atoms with van der Waals surface area (Å²) in [6.45, 7) is -0.186. The molecule has 0 radical (unpaired) electrons. The molecule has 1 heterocycles. The zero-order valence-electron chi connectivity index (χ0n) is 13.4. The molecule has 0 aromatic heterocycles. The summed E-state index contributed by atoms with van der Waals surface area (Å²) in [7, 11) is 3.77. The summed E-state index contributed by atoms with van der Waals surface area (Å²) < 4.78 is 15.5. The number of hydrogen-bond acceptors (Lipinski definition) is 6. The van der Waals surface area contributed by atoms with Gasteiger partial charge in [0.05, 0.1) is 5.56 Å². The van der Waals surface area contributed by atoms with Gasteiger partial charge in [-0.05, 0) is 36.4 Å². The van der Waals surface area contributed by atoms with Crippen molar-refractivity contribution in [2.45, 2.75) is 0 Å². The molecule has 0 bridgehead atoms. The van der Waals surface area contributed by atoms with E-state index >= 15 is 0 Å². The van der Waals surface area contributed by atoms with Crippen LogP contribution in [0.3, 0.4) is 0 Å². The number of esters is 1. The number of rotatable bonds is 5. The molecular formula is C18H17NO5. The van der Waals surface area contributed by atoms with E-state index < -0.39 is 5.97 Å². The number of anilines is 1. The first-order valence-electron chi connectivity index (χ1n) is 7.42. The van der Waals surface area contributed by atoms with Gasteiger partial charge >= 0.3 is 5.97 Å². The summed E-state index contributed by atoms with van der Waals surface area (Å²) in [5.41, 5.74) is 1.69. The van der Waals surface area contributed by atoms with Crippen LogP contribution in [0.2, 0.25) is 0 Å². The zero-order chi connectivity index (χ0) is 17.1. The lowest BCUT2D eigenvalue weighted by Crippen LogP contribution is -2.15. The molecule has 2 aromatic rings. The monoisotopic (exact) mass is 327 g/mol. The van der Waals surface area contributed by atoms with Gasteiger partial charge in [0.15, 0.2) is 23.9 Å². The van der Waals surface area contributed by atoms with Crippen molar-refractivity contribution in [3.8, 4) is 11.5 Å². The highest BCUT2D eigenvalue weighted by Gasteiger charge is 2.17. The minimum atomic E-state index is -0.534. The van der Waals surface area contributed by atoms with Crippen LogP contribution in [-0.4, -0.2) is 39.2 Å². The average molecular weight is 327 g/mol. The number of carbonyl (C=O) groups excluding carboxylic acids is 2. The van der Waals surface area contributed by atoms with Gasteiger partial charge in [-0.25, -0.2) is 4.79 Å². The van der Waals surface area contributed by atoms with Crippen LogP contribution >= 0.6 is 0 Å². The summed E-state index contributed by atoms with van der Waals surface area (Å²) in [5, 5.41) is 0. The van der Waals surface area contributed by atoms with Crippen molar-refractivity contribution in [1.29, 1.82) is 0 Å².